The van der Waals surface area contributed by atoms with Crippen molar-refractivity contribution >= 4 is 22.6 Å². The standard InChI is InChI=1S/C19H23IN2O/c1-23-18-10-9-16(20)12-15(18)13-22-17-8-5-11-21-19(17)14-6-3-2-4-7-14/h2-4,6-7,9-10,12,17,19,21-22H,5,8,11,13H2,1H3. The molecule has 2 aromatic rings. The monoisotopic (exact) mass is 422 g/mol. The van der Waals surface area contributed by atoms with Gasteiger partial charge >= 0.3 is 0 Å². The van der Waals surface area contributed by atoms with Gasteiger partial charge in [-0.2, -0.15) is 0 Å². The van der Waals surface area contributed by atoms with Crippen LogP contribution in [0.2, 0.25) is 0 Å². The van der Waals surface area contributed by atoms with Gasteiger partial charge in [0.2, 0.25) is 0 Å². The molecule has 2 N–H and O–H groups in total. The van der Waals surface area contributed by atoms with Crippen LogP contribution in [-0.4, -0.2) is 19.7 Å². The lowest BCUT2D eigenvalue weighted by Gasteiger charge is -2.34. The third kappa shape index (κ3) is 4.25. The third-order valence-electron chi connectivity index (χ3n) is 4.41. The second-order valence-corrected chi connectivity index (χ2v) is 7.17. The minimum absolute atomic E-state index is 0.374. The zero-order chi connectivity index (χ0) is 16.1. The lowest BCUT2D eigenvalue weighted by molar-refractivity contribution is 0.303. The molecule has 2 unspecified atom stereocenters. The molecule has 3 rings (SSSR count). The SMILES string of the molecule is COc1ccc(I)cc1CNC1CCCNC1c1ccccc1. The number of piperidine rings is 1. The van der Waals surface area contributed by atoms with Crippen LogP contribution in [0, 0.1) is 3.57 Å². The molecular weight excluding hydrogens is 399 g/mol. The van der Waals surface area contributed by atoms with Crippen molar-refractivity contribution in [3.05, 3.63) is 63.2 Å². The third-order valence-corrected chi connectivity index (χ3v) is 5.09. The second-order valence-electron chi connectivity index (χ2n) is 5.93. The highest BCUT2D eigenvalue weighted by atomic mass is 127. The van der Waals surface area contributed by atoms with E-state index < -0.39 is 0 Å². The van der Waals surface area contributed by atoms with Crippen LogP contribution in [-0.2, 0) is 6.54 Å². The van der Waals surface area contributed by atoms with Gasteiger partial charge in [0.15, 0.2) is 0 Å². The highest BCUT2D eigenvalue weighted by Gasteiger charge is 2.25. The van der Waals surface area contributed by atoms with E-state index in [9.17, 15) is 0 Å². The van der Waals surface area contributed by atoms with Crippen molar-refractivity contribution in [2.45, 2.75) is 31.5 Å². The average Bonchev–Trinajstić information content (AvgIpc) is 2.61. The van der Waals surface area contributed by atoms with Gasteiger partial charge in [0.1, 0.15) is 5.75 Å². The van der Waals surface area contributed by atoms with Crippen molar-refractivity contribution in [2.75, 3.05) is 13.7 Å². The molecule has 0 amide bonds. The Morgan fingerprint density at radius 2 is 2.04 bits per heavy atom. The predicted octanol–water partition coefficient (Wildman–Crippen LogP) is 3.88. The lowest BCUT2D eigenvalue weighted by atomic mass is 9.92. The van der Waals surface area contributed by atoms with E-state index in [0.717, 1.165) is 18.8 Å². The zero-order valence-corrected chi connectivity index (χ0v) is 15.5. The van der Waals surface area contributed by atoms with Gasteiger partial charge in [-0.25, -0.2) is 0 Å². The van der Waals surface area contributed by atoms with Gasteiger partial charge in [-0.3, -0.25) is 0 Å². The summed E-state index contributed by atoms with van der Waals surface area (Å²) in [5.74, 6) is 0.956. The Bertz CT molecular complexity index is 633. The fourth-order valence-corrected chi connectivity index (χ4v) is 3.80. The van der Waals surface area contributed by atoms with Gasteiger partial charge in [-0.15, -0.1) is 0 Å². The molecule has 1 aliphatic heterocycles. The Morgan fingerprint density at radius 3 is 2.83 bits per heavy atom. The van der Waals surface area contributed by atoms with Crippen LogP contribution >= 0.6 is 22.6 Å². The van der Waals surface area contributed by atoms with Crippen LogP contribution in [0.15, 0.2) is 48.5 Å². The van der Waals surface area contributed by atoms with Gasteiger partial charge < -0.3 is 15.4 Å². The molecule has 1 fully saturated rings. The van der Waals surface area contributed by atoms with Crippen LogP contribution < -0.4 is 15.4 Å². The summed E-state index contributed by atoms with van der Waals surface area (Å²) in [6.45, 7) is 1.92. The smallest absolute Gasteiger partial charge is 0.123 e. The maximum absolute atomic E-state index is 5.49. The summed E-state index contributed by atoms with van der Waals surface area (Å²) in [6.07, 6.45) is 2.41. The van der Waals surface area contributed by atoms with Crippen LogP contribution in [0.3, 0.4) is 0 Å². The molecule has 2 atom stereocenters. The fourth-order valence-electron chi connectivity index (χ4n) is 3.25. The number of hydrogen-bond acceptors (Lipinski definition) is 3. The molecule has 0 aromatic heterocycles. The average molecular weight is 422 g/mol. The van der Waals surface area contributed by atoms with Crippen molar-refractivity contribution in [3.8, 4) is 5.75 Å². The first kappa shape index (κ1) is 16.7. The number of halogens is 1. The zero-order valence-electron chi connectivity index (χ0n) is 13.4. The molecular formula is C19H23IN2O. The highest BCUT2D eigenvalue weighted by Crippen LogP contribution is 2.25. The van der Waals surface area contributed by atoms with Gasteiger partial charge in [0, 0.05) is 27.8 Å². The molecule has 23 heavy (non-hydrogen) atoms. The quantitative estimate of drug-likeness (QED) is 0.718. The second kappa shape index (κ2) is 8.13. The topological polar surface area (TPSA) is 33.3 Å². The molecule has 0 spiro atoms. The van der Waals surface area contributed by atoms with Gasteiger partial charge in [0.25, 0.3) is 0 Å². The van der Waals surface area contributed by atoms with E-state index >= 15 is 0 Å². The molecule has 0 bridgehead atoms. The van der Waals surface area contributed by atoms with Crippen molar-refractivity contribution in [2.24, 2.45) is 0 Å². The minimum Gasteiger partial charge on any atom is -0.496 e. The number of nitrogens with one attached hydrogen (secondary N) is 2. The number of hydrogen-bond donors (Lipinski definition) is 2. The summed E-state index contributed by atoms with van der Waals surface area (Å²) in [5.41, 5.74) is 2.58. The van der Waals surface area contributed by atoms with Crippen molar-refractivity contribution in [3.63, 3.8) is 0 Å². The molecule has 4 heteroatoms. The number of methoxy groups -OCH3 is 1. The normalized spacial score (nSPS) is 21.1. The number of ether oxygens (including phenoxy) is 1. The van der Waals surface area contributed by atoms with E-state index in [1.807, 2.05) is 6.07 Å². The van der Waals surface area contributed by atoms with Gasteiger partial charge in [0.05, 0.1) is 7.11 Å². The van der Waals surface area contributed by atoms with Gasteiger partial charge in [-0.1, -0.05) is 30.3 Å². The van der Waals surface area contributed by atoms with Crippen molar-refractivity contribution in [1.29, 1.82) is 0 Å². The first-order valence-electron chi connectivity index (χ1n) is 8.12. The molecule has 1 aliphatic rings. The van der Waals surface area contributed by atoms with Crippen molar-refractivity contribution < 1.29 is 4.74 Å². The molecule has 0 saturated carbocycles. The molecule has 2 aromatic carbocycles. The molecule has 3 nitrogen and oxygen atoms in total. The van der Waals surface area contributed by atoms with E-state index in [-0.39, 0.29) is 0 Å². The maximum Gasteiger partial charge on any atom is 0.123 e. The Hall–Kier alpha value is -1.11. The van der Waals surface area contributed by atoms with E-state index in [1.165, 1.54) is 27.5 Å². The fraction of sp³-hybridized carbons (Fsp3) is 0.368. The van der Waals surface area contributed by atoms with Crippen LogP contribution in [0.5, 0.6) is 5.75 Å². The number of rotatable bonds is 5. The Kier molecular flexibility index (Phi) is 5.91. The van der Waals surface area contributed by atoms with E-state index in [2.05, 4.69) is 75.7 Å². The van der Waals surface area contributed by atoms with E-state index in [0.29, 0.717) is 12.1 Å². The van der Waals surface area contributed by atoms with E-state index in [4.69, 9.17) is 4.74 Å². The summed E-state index contributed by atoms with van der Waals surface area (Å²) in [5, 5.41) is 7.41. The van der Waals surface area contributed by atoms with E-state index in [1.54, 1.807) is 7.11 Å². The highest BCUT2D eigenvalue weighted by molar-refractivity contribution is 14.1. The largest absolute Gasteiger partial charge is 0.496 e. The summed E-state index contributed by atoms with van der Waals surface area (Å²) in [7, 11) is 1.74. The van der Waals surface area contributed by atoms with Gasteiger partial charge in [-0.05, 0) is 65.7 Å². The van der Waals surface area contributed by atoms with Crippen LogP contribution in [0.4, 0.5) is 0 Å². The summed E-state index contributed by atoms with van der Waals surface area (Å²) in [4.78, 5) is 0. The number of benzene rings is 2. The summed E-state index contributed by atoms with van der Waals surface area (Å²) >= 11 is 2.35. The Labute approximate surface area is 152 Å². The van der Waals surface area contributed by atoms with Crippen LogP contribution in [0.1, 0.15) is 30.0 Å². The molecule has 0 aliphatic carbocycles. The molecule has 1 saturated heterocycles. The Morgan fingerprint density at radius 1 is 1.22 bits per heavy atom. The Balaban J connectivity index is 1.72. The molecule has 1 heterocycles. The van der Waals surface area contributed by atoms with Crippen molar-refractivity contribution in [1.82, 2.24) is 10.6 Å². The first-order chi connectivity index (χ1) is 11.3. The first-order valence-corrected chi connectivity index (χ1v) is 9.20. The minimum atomic E-state index is 0.374. The summed E-state index contributed by atoms with van der Waals surface area (Å²) < 4.78 is 6.73. The lowest BCUT2D eigenvalue weighted by Crippen LogP contribution is -2.45. The summed E-state index contributed by atoms with van der Waals surface area (Å²) in [6, 6.07) is 17.9. The maximum atomic E-state index is 5.49. The molecule has 122 valence electrons. The molecule has 0 radical (unpaired) electrons. The predicted molar refractivity (Wildman–Crippen MR) is 103 cm³/mol. The van der Waals surface area contributed by atoms with Crippen LogP contribution in [0.25, 0.3) is 0 Å².